The number of carboxylic acid groups (broad SMARTS) is 1. The van der Waals surface area contributed by atoms with Gasteiger partial charge in [0.2, 0.25) is 5.91 Å². The van der Waals surface area contributed by atoms with Crippen molar-refractivity contribution in [2.75, 3.05) is 11.5 Å². The maximum atomic E-state index is 11.2. The predicted molar refractivity (Wildman–Crippen MR) is 58.7 cm³/mol. The lowest BCUT2D eigenvalue weighted by molar-refractivity contribution is -0.144. The molecule has 1 fully saturated rings. The highest BCUT2D eigenvalue weighted by Gasteiger charge is 2.41. The lowest BCUT2D eigenvalue weighted by Crippen LogP contribution is -2.60. The van der Waals surface area contributed by atoms with E-state index in [1.54, 1.807) is 18.7 Å². The number of amides is 1. The largest absolute Gasteiger partial charge is 0.480 e. The highest BCUT2D eigenvalue weighted by molar-refractivity contribution is 7.99. The van der Waals surface area contributed by atoms with Gasteiger partial charge in [-0.25, -0.2) is 0 Å². The van der Waals surface area contributed by atoms with Crippen LogP contribution >= 0.6 is 11.8 Å². The van der Waals surface area contributed by atoms with Crippen LogP contribution in [-0.4, -0.2) is 40.1 Å². The molecular formula is C9H16N2O3S. The smallest absolute Gasteiger partial charge is 0.324 e. The Morgan fingerprint density at radius 1 is 1.60 bits per heavy atom. The van der Waals surface area contributed by atoms with Gasteiger partial charge in [0.15, 0.2) is 0 Å². The molecule has 1 saturated heterocycles. The summed E-state index contributed by atoms with van der Waals surface area (Å²) in [5, 5.41) is 12.0. The summed E-state index contributed by atoms with van der Waals surface area (Å²) in [5.74, 6) is 0.0377. The molecule has 0 aromatic rings. The number of carbonyl (C=O) groups is 2. The molecule has 0 bridgehead atoms. The number of hydrogen-bond acceptors (Lipinski definition) is 4. The van der Waals surface area contributed by atoms with Gasteiger partial charge in [0.25, 0.3) is 0 Å². The van der Waals surface area contributed by atoms with Crippen molar-refractivity contribution in [1.82, 2.24) is 5.32 Å². The Morgan fingerprint density at radius 2 is 2.27 bits per heavy atom. The number of carbonyl (C=O) groups excluding carboxylic acids is 1. The summed E-state index contributed by atoms with van der Waals surface area (Å²) in [5.41, 5.74) is 4.12. The molecule has 2 atom stereocenters. The molecule has 1 amide bonds. The first-order chi connectivity index (χ1) is 6.98. The van der Waals surface area contributed by atoms with Gasteiger partial charge in [-0.05, 0) is 25.5 Å². The molecule has 1 aliphatic rings. The highest BCUT2D eigenvalue weighted by atomic mass is 32.2. The van der Waals surface area contributed by atoms with Crippen molar-refractivity contribution in [2.24, 2.45) is 5.73 Å². The van der Waals surface area contributed by atoms with E-state index in [9.17, 15) is 14.7 Å². The van der Waals surface area contributed by atoms with E-state index >= 15 is 0 Å². The number of nitrogens with one attached hydrogen (secondary N) is 1. The molecule has 1 rings (SSSR count). The second-order valence-electron chi connectivity index (χ2n) is 3.81. The topological polar surface area (TPSA) is 92.4 Å². The minimum atomic E-state index is -0.989. The molecule has 0 aliphatic carbocycles. The fraction of sp³-hybridized carbons (Fsp3) is 0.778. The van der Waals surface area contributed by atoms with E-state index in [-0.39, 0.29) is 0 Å². The summed E-state index contributed by atoms with van der Waals surface area (Å²) in [4.78, 5) is 22.1. The van der Waals surface area contributed by atoms with Gasteiger partial charge in [0, 0.05) is 5.75 Å². The maximum absolute atomic E-state index is 11.2. The van der Waals surface area contributed by atoms with Crippen LogP contribution in [0.15, 0.2) is 0 Å². The molecule has 6 heteroatoms. The molecule has 1 heterocycles. The van der Waals surface area contributed by atoms with Crippen molar-refractivity contribution >= 4 is 23.6 Å². The third kappa shape index (κ3) is 2.85. The molecule has 86 valence electrons. The van der Waals surface area contributed by atoms with Crippen molar-refractivity contribution in [3.63, 3.8) is 0 Å². The first-order valence-electron chi connectivity index (χ1n) is 4.86. The Labute approximate surface area is 92.8 Å². The summed E-state index contributed by atoms with van der Waals surface area (Å²) in [7, 11) is 0. The second kappa shape index (κ2) is 4.85. The summed E-state index contributed by atoms with van der Waals surface area (Å²) in [6, 6.07) is -0.611. The summed E-state index contributed by atoms with van der Waals surface area (Å²) in [6.45, 7) is 1.59. The first-order valence-corrected chi connectivity index (χ1v) is 6.01. The van der Waals surface area contributed by atoms with E-state index in [4.69, 9.17) is 5.73 Å². The van der Waals surface area contributed by atoms with E-state index in [0.717, 1.165) is 12.2 Å². The van der Waals surface area contributed by atoms with Crippen LogP contribution in [0.25, 0.3) is 0 Å². The second-order valence-corrected chi connectivity index (χ2v) is 4.92. The van der Waals surface area contributed by atoms with Crippen LogP contribution in [0, 0.1) is 0 Å². The van der Waals surface area contributed by atoms with Crippen molar-refractivity contribution in [3.05, 3.63) is 0 Å². The summed E-state index contributed by atoms with van der Waals surface area (Å²) in [6.07, 6.45) is 1.39. The van der Waals surface area contributed by atoms with Crippen LogP contribution in [0.2, 0.25) is 0 Å². The molecule has 0 spiro atoms. The number of hydrogen-bond donors (Lipinski definition) is 3. The van der Waals surface area contributed by atoms with E-state index in [1.807, 2.05) is 0 Å². The van der Waals surface area contributed by atoms with Gasteiger partial charge in [-0.3, -0.25) is 14.9 Å². The molecule has 1 aliphatic heterocycles. The lowest BCUT2D eigenvalue weighted by Gasteiger charge is -2.35. The van der Waals surface area contributed by atoms with Gasteiger partial charge in [0.1, 0.15) is 5.54 Å². The van der Waals surface area contributed by atoms with Crippen molar-refractivity contribution in [3.8, 4) is 0 Å². The van der Waals surface area contributed by atoms with Crippen LogP contribution in [0.4, 0.5) is 0 Å². The third-order valence-corrected chi connectivity index (χ3v) is 3.84. The van der Waals surface area contributed by atoms with Crippen LogP contribution < -0.4 is 11.1 Å². The molecular weight excluding hydrogens is 216 g/mol. The number of carboxylic acids is 1. The summed E-state index contributed by atoms with van der Waals surface area (Å²) >= 11 is 1.59. The van der Waals surface area contributed by atoms with Gasteiger partial charge in [0.05, 0.1) is 6.04 Å². The van der Waals surface area contributed by atoms with E-state index < -0.39 is 23.5 Å². The van der Waals surface area contributed by atoms with Crippen molar-refractivity contribution in [2.45, 2.75) is 31.3 Å². The van der Waals surface area contributed by atoms with E-state index in [1.165, 1.54) is 0 Å². The predicted octanol–water partition coefficient (Wildman–Crippen LogP) is -0.200. The zero-order valence-corrected chi connectivity index (χ0v) is 9.47. The minimum absolute atomic E-state index is 0.486. The Balaban J connectivity index is 2.72. The normalized spacial score (nSPS) is 28.3. The van der Waals surface area contributed by atoms with Gasteiger partial charge < -0.3 is 10.8 Å². The maximum Gasteiger partial charge on any atom is 0.324 e. The third-order valence-electron chi connectivity index (χ3n) is 2.57. The number of primary amides is 1. The SMILES string of the molecule is CC(NC1(C(=O)O)CCCSC1)C(N)=O. The Bertz CT molecular complexity index is 264. The van der Waals surface area contributed by atoms with Crippen molar-refractivity contribution in [1.29, 1.82) is 0 Å². The van der Waals surface area contributed by atoms with E-state index in [0.29, 0.717) is 12.2 Å². The average Bonchev–Trinajstić information content (AvgIpc) is 2.18. The number of aliphatic carboxylic acids is 1. The van der Waals surface area contributed by atoms with E-state index in [2.05, 4.69) is 5.32 Å². The first kappa shape index (κ1) is 12.3. The Kier molecular flexibility index (Phi) is 3.98. The zero-order valence-electron chi connectivity index (χ0n) is 8.66. The minimum Gasteiger partial charge on any atom is -0.480 e. The van der Waals surface area contributed by atoms with Crippen LogP contribution in [-0.2, 0) is 9.59 Å². The fourth-order valence-corrected chi connectivity index (χ4v) is 2.82. The molecule has 15 heavy (non-hydrogen) atoms. The lowest BCUT2D eigenvalue weighted by atomic mass is 9.94. The molecule has 0 aromatic carbocycles. The number of rotatable bonds is 4. The zero-order chi connectivity index (χ0) is 11.5. The average molecular weight is 232 g/mol. The highest BCUT2D eigenvalue weighted by Crippen LogP contribution is 2.27. The Morgan fingerprint density at radius 3 is 2.67 bits per heavy atom. The van der Waals surface area contributed by atoms with Crippen LogP contribution in [0.1, 0.15) is 19.8 Å². The molecule has 0 saturated carbocycles. The summed E-state index contributed by atoms with van der Waals surface area (Å²) < 4.78 is 0. The molecule has 0 radical (unpaired) electrons. The van der Waals surface area contributed by atoms with Crippen LogP contribution in [0.5, 0.6) is 0 Å². The van der Waals surface area contributed by atoms with Gasteiger partial charge in [-0.1, -0.05) is 0 Å². The van der Waals surface area contributed by atoms with Gasteiger partial charge in [-0.2, -0.15) is 11.8 Å². The Hall–Kier alpha value is -0.750. The van der Waals surface area contributed by atoms with Crippen molar-refractivity contribution < 1.29 is 14.7 Å². The molecule has 2 unspecified atom stereocenters. The monoisotopic (exact) mass is 232 g/mol. The number of thioether (sulfide) groups is 1. The molecule has 0 aromatic heterocycles. The van der Waals surface area contributed by atoms with Gasteiger partial charge >= 0.3 is 5.97 Å². The quantitative estimate of drug-likeness (QED) is 0.624. The molecule has 4 N–H and O–H groups in total. The fourth-order valence-electron chi connectivity index (χ4n) is 1.62. The molecule has 5 nitrogen and oxygen atoms in total. The standard InChI is InChI=1S/C9H16N2O3S/c1-6(7(10)12)11-9(8(13)14)3-2-4-15-5-9/h6,11H,2-5H2,1H3,(H2,10,12)(H,13,14). The van der Waals surface area contributed by atoms with Crippen LogP contribution in [0.3, 0.4) is 0 Å². The number of nitrogens with two attached hydrogens (primary N) is 1. The van der Waals surface area contributed by atoms with Gasteiger partial charge in [-0.15, -0.1) is 0 Å².